The molecular formula is C18H17FN4O3. The molecule has 0 saturated heterocycles. The fourth-order valence-corrected chi connectivity index (χ4v) is 2.28. The standard InChI is InChI=1S/C18H17FN4O3/c1-2-25-15-11-13(19)3-4-14(15)21-16(24)5-6-17-22-18(23-26-17)12-7-9-20-10-8-12/h3-4,7-11H,2,5-6H2,1H3,(H,21,24). The number of rotatable bonds is 7. The molecule has 0 atom stereocenters. The fourth-order valence-electron chi connectivity index (χ4n) is 2.28. The number of carbonyl (C=O) groups excluding carboxylic acids is 1. The Balaban J connectivity index is 1.59. The van der Waals surface area contributed by atoms with E-state index in [1.165, 1.54) is 18.2 Å². The molecule has 1 aromatic carbocycles. The zero-order chi connectivity index (χ0) is 18.4. The average Bonchev–Trinajstić information content (AvgIpc) is 3.12. The minimum absolute atomic E-state index is 0.140. The molecule has 3 aromatic rings. The predicted molar refractivity (Wildman–Crippen MR) is 92.0 cm³/mol. The lowest BCUT2D eigenvalue weighted by molar-refractivity contribution is -0.116. The van der Waals surface area contributed by atoms with E-state index in [0.29, 0.717) is 29.8 Å². The number of hydrogen-bond donors (Lipinski definition) is 1. The number of hydrogen-bond acceptors (Lipinski definition) is 6. The second-order valence-corrected chi connectivity index (χ2v) is 5.37. The molecule has 0 bridgehead atoms. The van der Waals surface area contributed by atoms with E-state index < -0.39 is 5.82 Å². The zero-order valence-electron chi connectivity index (χ0n) is 14.1. The maximum Gasteiger partial charge on any atom is 0.227 e. The monoisotopic (exact) mass is 356 g/mol. The Morgan fingerprint density at radius 3 is 2.85 bits per heavy atom. The summed E-state index contributed by atoms with van der Waals surface area (Å²) < 4.78 is 23.8. The zero-order valence-corrected chi connectivity index (χ0v) is 14.1. The van der Waals surface area contributed by atoms with Crippen LogP contribution >= 0.6 is 0 Å². The van der Waals surface area contributed by atoms with Gasteiger partial charge in [0.2, 0.25) is 17.6 Å². The molecule has 0 radical (unpaired) electrons. The molecule has 0 fully saturated rings. The third-order valence-electron chi connectivity index (χ3n) is 3.49. The number of pyridine rings is 1. The highest BCUT2D eigenvalue weighted by molar-refractivity contribution is 5.92. The molecule has 3 rings (SSSR count). The number of nitrogens with zero attached hydrogens (tertiary/aromatic N) is 3. The SMILES string of the molecule is CCOc1cc(F)ccc1NC(=O)CCc1nc(-c2ccncc2)no1. The average molecular weight is 356 g/mol. The van der Waals surface area contributed by atoms with Crippen molar-refractivity contribution in [3.05, 3.63) is 54.4 Å². The van der Waals surface area contributed by atoms with E-state index in [4.69, 9.17) is 9.26 Å². The van der Waals surface area contributed by atoms with Gasteiger partial charge in [0, 0.05) is 36.9 Å². The van der Waals surface area contributed by atoms with Crippen LogP contribution < -0.4 is 10.1 Å². The minimum atomic E-state index is -0.430. The van der Waals surface area contributed by atoms with Crippen molar-refractivity contribution in [2.75, 3.05) is 11.9 Å². The summed E-state index contributed by atoms with van der Waals surface area (Å²) >= 11 is 0. The van der Waals surface area contributed by atoms with E-state index in [1.54, 1.807) is 31.5 Å². The van der Waals surface area contributed by atoms with Crippen molar-refractivity contribution >= 4 is 11.6 Å². The lowest BCUT2D eigenvalue weighted by Crippen LogP contribution is -2.13. The summed E-state index contributed by atoms with van der Waals surface area (Å²) in [7, 11) is 0. The summed E-state index contributed by atoms with van der Waals surface area (Å²) in [5.41, 5.74) is 1.20. The topological polar surface area (TPSA) is 90.1 Å². The number of anilines is 1. The number of ether oxygens (including phenoxy) is 1. The molecular weight excluding hydrogens is 339 g/mol. The van der Waals surface area contributed by atoms with Crippen molar-refractivity contribution in [3.63, 3.8) is 0 Å². The van der Waals surface area contributed by atoms with E-state index >= 15 is 0 Å². The van der Waals surface area contributed by atoms with Crippen LogP contribution in [0.5, 0.6) is 5.75 Å². The first-order valence-electron chi connectivity index (χ1n) is 8.11. The Morgan fingerprint density at radius 2 is 2.08 bits per heavy atom. The summed E-state index contributed by atoms with van der Waals surface area (Å²) in [4.78, 5) is 20.3. The van der Waals surface area contributed by atoms with Gasteiger partial charge in [-0.3, -0.25) is 9.78 Å². The van der Waals surface area contributed by atoms with E-state index in [2.05, 4.69) is 20.4 Å². The van der Waals surface area contributed by atoms with E-state index in [9.17, 15) is 9.18 Å². The van der Waals surface area contributed by atoms with Crippen LogP contribution in [-0.2, 0) is 11.2 Å². The van der Waals surface area contributed by atoms with Crippen LogP contribution in [0.25, 0.3) is 11.4 Å². The number of carbonyl (C=O) groups is 1. The van der Waals surface area contributed by atoms with Crippen LogP contribution in [-0.4, -0.2) is 27.6 Å². The first-order chi connectivity index (χ1) is 12.7. The molecule has 0 aliphatic heterocycles. The van der Waals surface area contributed by atoms with Gasteiger partial charge in [-0.25, -0.2) is 4.39 Å². The number of halogens is 1. The first kappa shape index (κ1) is 17.5. The van der Waals surface area contributed by atoms with Gasteiger partial charge in [-0.1, -0.05) is 5.16 Å². The van der Waals surface area contributed by atoms with Gasteiger partial charge in [0.1, 0.15) is 11.6 Å². The largest absolute Gasteiger partial charge is 0.492 e. The summed E-state index contributed by atoms with van der Waals surface area (Å²) in [6, 6.07) is 7.50. The predicted octanol–water partition coefficient (Wildman–Crippen LogP) is 3.24. The maximum atomic E-state index is 13.3. The number of aryl methyl sites for hydroxylation is 1. The second-order valence-electron chi connectivity index (χ2n) is 5.37. The van der Waals surface area contributed by atoms with Crippen molar-refractivity contribution in [1.29, 1.82) is 0 Å². The summed E-state index contributed by atoms with van der Waals surface area (Å²) in [5, 5.41) is 6.59. The number of aromatic nitrogens is 3. The van der Waals surface area contributed by atoms with E-state index in [-0.39, 0.29) is 18.7 Å². The molecule has 0 spiro atoms. The second kappa shape index (κ2) is 8.19. The van der Waals surface area contributed by atoms with Gasteiger partial charge in [0.25, 0.3) is 0 Å². The molecule has 0 unspecified atom stereocenters. The third-order valence-corrected chi connectivity index (χ3v) is 3.49. The van der Waals surface area contributed by atoms with Crippen LogP contribution in [0, 0.1) is 5.82 Å². The number of benzene rings is 1. The van der Waals surface area contributed by atoms with E-state index in [0.717, 1.165) is 5.56 Å². The van der Waals surface area contributed by atoms with Gasteiger partial charge < -0.3 is 14.6 Å². The van der Waals surface area contributed by atoms with E-state index in [1.807, 2.05) is 0 Å². The van der Waals surface area contributed by atoms with Gasteiger partial charge in [0.15, 0.2) is 0 Å². The Bertz CT molecular complexity index is 883. The molecule has 7 nitrogen and oxygen atoms in total. The van der Waals surface area contributed by atoms with Gasteiger partial charge >= 0.3 is 0 Å². The Labute approximate surface area is 149 Å². The molecule has 1 N–H and O–H groups in total. The smallest absolute Gasteiger partial charge is 0.227 e. The molecule has 0 saturated carbocycles. The van der Waals surface area contributed by atoms with Gasteiger partial charge in [-0.15, -0.1) is 0 Å². The summed E-state index contributed by atoms with van der Waals surface area (Å²) in [5.74, 6) is 0.400. The molecule has 0 aliphatic rings. The van der Waals surface area contributed by atoms with Crippen LogP contribution in [0.15, 0.2) is 47.2 Å². The van der Waals surface area contributed by atoms with Gasteiger partial charge in [0.05, 0.1) is 12.3 Å². The van der Waals surface area contributed by atoms with Crippen LogP contribution in [0.1, 0.15) is 19.2 Å². The lowest BCUT2D eigenvalue weighted by atomic mass is 10.2. The van der Waals surface area contributed by atoms with Crippen molar-refractivity contribution in [2.45, 2.75) is 19.8 Å². The Kier molecular flexibility index (Phi) is 5.52. The van der Waals surface area contributed by atoms with Crippen molar-refractivity contribution in [2.24, 2.45) is 0 Å². The minimum Gasteiger partial charge on any atom is -0.492 e. The lowest BCUT2D eigenvalue weighted by Gasteiger charge is -2.11. The fraction of sp³-hybridized carbons (Fsp3) is 0.222. The molecule has 2 aromatic heterocycles. The Morgan fingerprint density at radius 1 is 1.27 bits per heavy atom. The molecule has 0 aliphatic carbocycles. The normalized spacial score (nSPS) is 10.5. The number of nitrogens with one attached hydrogen (secondary N) is 1. The highest BCUT2D eigenvalue weighted by Gasteiger charge is 2.13. The molecule has 2 heterocycles. The third kappa shape index (κ3) is 4.41. The quantitative estimate of drug-likeness (QED) is 0.699. The maximum absolute atomic E-state index is 13.3. The Hall–Kier alpha value is -3.29. The highest BCUT2D eigenvalue weighted by atomic mass is 19.1. The van der Waals surface area contributed by atoms with Crippen molar-refractivity contribution in [1.82, 2.24) is 15.1 Å². The first-order valence-corrected chi connectivity index (χ1v) is 8.11. The molecule has 26 heavy (non-hydrogen) atoms. The van der Waals surface area contributed by atoms with Crippen LogP contribution in [0.3, 0.4) is 0 Å². The molecule has 134 valence electrons. The van der Waals surface area contributed by atoms with Crippen molar-refractivity contribution < 1.29 is 18.4 Å². The van der Waals surface area contributed by atoms with Crippen LogP contribution in [0.2, 0.25) is 0 Å². The highest BCUT2D eigenvalue weighted by Crippen LogP contribution is 2.25. The van der Waals surface area contributed by atoms with Crippen molar-refractivity contribution in [3.8, 4) is 17.1 Å². The molecule has 1 amide bonds. The summed E-state index contributed by atoms with van der Waals surface area (Å²) in [6.45, 7) is 2.15. The van der Waals surface area contributed by atoms with Gasteiger partial charge in [-0.2, -0.15) is 4.98 Å². The molecule has 8 heteroatoms. The van der Waals surface area contributed by atoms with Gasteiger partial charge in [-0.05, 0) is 31.2 Å². The van der Waals surface area contributed by atoms with Crippen LogP contribution in [0.4, 0.5) is 10.1 Å². The summed E-state index contributed by atoms with van der Waals surface area (Å²) in [6.07, 6.45) is 3.70. The number of amides is 1.